The minimum atomic E-state index is -0.343. The molecule has 0 saturated heterocycles. The molecular weight excluding hydrogens is 128 g/mol. The van der Waals surface area contributed by atoms with E-state index in [1.54, 1.807) is 0 Å². The molecule has 0 amide bonds. The topological polar surface area (TPSA) is 40.5 Å². The number of hydrogen-bond acceptors (Lipinski definition) is 2. The van der Waals surface area contributed by atoms with Crippen molar-refractivity contribution in [3.05, 3.63) is 12.2 Å². The van der Waals surface area contributed by atoms with Crippen LogP contribution in [0.4, 0.5) is 0 Å². The normalized spacial score (nSPS) is 40.1. The van der Waals surface area contributed by atoms with Crippen LogP contribution in [0.5, 0.6) is 0 Å². The molecule has 2 nitrogen and oxygen atoms in total. The Hall–Kier alpha value is -0.340. The SMILES string of the molecule is C[C@@H]1C=C[C@H](CO)C(O)C1. The van der Waals surface area contributed by atoms with Crippen molar-refractivity contribution in [1.82, 2.24) is 0 Å². The first kappa shape index (κ1) is 7.76. The molecule has 2 N–H and O–H groups in total. The first-order chi connectivity index (χ1) is 4.74. The summed E-state index contributed by atoms with van der Waals surface area (Å²) < 4.78 is 0. The minimum Gasteiger partial charge on any atom is -0.396 e. The zero-order valence-electron chi connectivity index (χ0n) is 6.20. The maximum absolute atomic E-state index is 9.33. The number of aliphatic hydroxyl groups is 2. The van der Waals surface area contributed by atoms with E-state index in [-0.39, 0.29) is 18.6 Å². The van der Waals surface area contributed by atoms with Crippen LogP contribution in [0.2, 0.25) is 0 Å². The summed E-state index contributed by atoms with van der Waals surface area (Å²) in [5.74, 6) is 0.425. The lowest BCUT2D eigenvalue weighted by molar-refractivity contribution is 0.0706. The van der Waals surface area contributed by atoms with Crippen LogP contribution in [0.15, 0.2) is 12.2 Å². The van der Waals surface area contributed by atoms with Gasteiger partial charge in [0.25, 0.3) is 0 Å². The highest BCUT2D eigenvalue weighted by molar-refractivity contribution is 5.00. The van der Waals surface area contributed by atoms with E-state index in [9.17, 15) is 5.11 Å². The quantitative estimate of drug-likeness (QED) is 0.525. The van der Waals surface area contributed by atoms with Crippen molar-refractivity contribution < 1.29 is 10.2 Å². The van der Waals surface area contributed by atoms with Crippen molar-refractivity contribution in [2.24, 2.45) is 11.8 Å². The lowest BCUT2D eigenvalue weighted by Crippen LogP contribution is -2.26. The largest absolute Gasteiger partial charge is 0.396 e. The highest BCUT2D eigenvalue weighted by Crippen LogP contribution is 2.21. The van der Waals surface area contributed by atoms with Crippen LogP contribution < -0.4 is 0 Å². The average Bonchev–Trinajstić information content (AvgIpc) is 1.88. The molecule has 0 bridgehead atoms. The van der Waals surface area contributed by atoms with Crippen molar-refractivity contribution in [2.45, 2.75) is 19.4 Å². The van der Waals surface area contributed by atoms with E-state index in [1.165, 1.54) is 0 Å². The van der Waals surface area contributed by atoms with Crippen LogP contribution in [0.3, 0.4) is 0 Å². The van der Waals surface area contributed by atoms with Gasteiger partial charge in [0.1, 0.15) is 0 Å². The molecule has 0 aromatic rings. The standard InChI is InChI=1S/C8H14O2/c1-6-2-3-7(5-9)8(10)4-6/h2-3,6-10H,4-5H2,1H3/t6-,7-,8?/m1/s1. The highest BCUT2D eigenvalue weighted by Gasteiger charge is 2.21. The predicted molar refractivity (Wildman–Crippen MR) is 39.5 cm³/mol. The first-order valence-electron chi connectivity index (χ1n) is 3.71. The van der Waals surface area contributed by atoms with E-state index in [2.05, 4.69) is 6.92 Å². The van der Waals surface area contributed by atoms with E-state index in [0.29, 0.717) is 5.92 Å². The number of allylic oxidation sites excluding steroid dienone is 1. The second-order valence-corrected chi connectivity index (χ2v) is 3.01. The Kier molecular flexibility index (Phi) is 2.46. The van der Waals surface area contributed by atoms with Gasteiger partial charge in [-0.3, -0.25) is 0 Å². The number of aliphatic hydroxyl groups excluding tert-OH is 2. The monoisotopic (exact) mass is 142 g/mol. The average molecular weight is 142 g/mol. The van der Waals surface area contributed by atoms with Gasteiger partial charge < -0.3 is 10.2 Å². The Balaban J connectivity index is 2.53. The van der Waals surface area contributed by atoms with Crippen LogP contribution in [-0.4, -0.2) is 22.9 Å². The summed E-state index contributed by atoms with van der Waals surface area (Å²) in [6, 6.07) is 0. The van der Waals surface area contributed by atoms with Gasteiger partial charge in [0.05, 0.1) is 12.7 Å². The van der Waals surface area contributed by atoms with Crippen molar-refractivity contribution in [1.29, 1.82) is 0 Å². The maximum Gasteiger partial charge on any atom is 0.0630 e. The lowest BCUT2D eigenvalue weighted by Gasteiger charge is -2.24. The number of hydrogen-bond donors (Lipinski definition) is 2. The summed E-state index contributed by atoms with van der Waals surface area (Å²) >= 11 is 0. The molecule has 1 aliphatic rings. The predicted octanol–water partition coefficient (Wildman–Crippen LogP) is 0.552. The summed E-state index contributed by atoms with van der Waals surface area (Å²) in [5, 5.41) is 18.1. The zero-order chi connectivity index (χ0) is 7.56. The molecule has 0 saturated carbocycles. The maximum atomic E-state index is 9.33. The van der Waals surface area contributed by atoms with E-state index < -0.39 is 0 Å². The second kappa shape index (κ2) is 3.17. The van der Waals surface area contributed by atoms with E-state index in [0.717, 1.165) is 6.42 Å². The fraction of sp³-hybridized carbons (Fsp3) is 0.750. The number of rotatable bonds is 1. The van der Waals surface area contributed by atoms with Gasteiger partial charge in [0, 0.05) is 5.92 Å². The zero-order valence-corrected chi connectivity index (χ0v) is 6.20. The van der Waals surface area contributed by atoms with Crippen LogP contribution in [-0.2, 0) is 0 Å². The lowest BCUT2D eigenvalue weighted by atomic mass is 9.87. The van der Waals surface area contributed by atoms with Gasteiger partial charge in [-0.25, -0.2) is 0 Å². The van der Waals surface area contributed by atoms with Gasteiger partial charge >= 0.3 is 0 Å². The van der Waals surface area contributed by atoms with Gasteiger partial charge in [-0.2, -0.15) is 0 Å². The van der Waals surface area contributed by atoms with E-state index in [4.69, 9.17) is 5.11 Å². The molecule has 58 valence electrons. The molecule has 1 rings (SSSR count). The van der Waals surface area contributed by atoms with Crippen molar-refractivity contribution in [3.63, 3.8) is 0 Å². The van der Waals surface area contributed by atoms with Crippen molar-refractivity contribution >= 4 is 0 Å². The summed E-state index contributed by atoms with van der Waals surface area (Å²) in [6.07, 6.45) is 4.39. The molecule has 2 heteroatoms. The van der Waals surface area contributed by atoms with Gasteiger partial charge in [0.2, 0.25) is 0 Å². The van der Waals surface area contributed by atoms with Crippen LogP contribution >= 0.6 is 0 Å². The van der Waals surface area contributed by atoms with Crippen LogP contribution in [0.25, 0.3) is 0 Å². The third-order valence-electron chi connectivity index (χ3n) is 2.01. The molecule has 0 radical (unpaired) electrons. The highest BCUT2D eigenvalue weighted by atomic mass is 16.3. The summed E-state index contributed by atoms with van der Waals surface area (Å²) in [7, 11) is 0. The molecule has 10 heavy (non-hydrogen) atoms. The van der Waals surface area contributed by atoms with Gasteiger partial charge in [-0.15, -0.1) is 0 Å². The molecule has 0 heterocycles. The van der Waals surface area contributed by atoms with Gasteiger partial charge in [0.15, 0.2) is 0 Å². The van der Waals surface area contributed by atoms with E-state index in [1.807, 2.05) is 12.2 Å². The van der Waals surface area contributed by atoms with Crippen molar-refractivity contribution in [2.75, 3.05) is 6.61 Å². The molecule has 1 aliphatic carbocycles. The fourth-order valence-electron chi connectivity index (χ4n) is 1.28. The molecule has 0 aromatic carbocycles. The minimum absolute atomic E-state index is 0.0313. The second-order valence-electron chi connectivity index (χ2n) is 3.01. The molecular formula is C8H14O2. The Labute approximate surface area is 61.2 Å². The molecule has 0 fully saturated rings. The fourth-order valence-corrected chi connectivity index (χ4v) is 1.28. The summed E-state index contributed by atoms with van der Waals surface area (Å²) in [5.41, 5.74) is 0. The van der Waals surface area contributed by atoms with Gasteiger partial charge in [-0.05, 0) is 12.3 Å². The third kappa shape index (κ3) is 1.58. The molecule has 1 unspecified atom stereocenters. The Bertz CT molecular complexity index is 131. The van der Waals surface area contributed by atoms with Crippen LogP contribution in [0.1, 0.15) is 13.3 Å². The third-order valence-corrected chi connectivity index (χ3v) is 2.01. The van der Waals surface area contributed by atoms with Gasteiger partial charge in [-0.1, -0.05) is 19.1 Å². The van der Waals surface area contributed by atoms with Crippen molar-refractivity contribution in [3.8, 4) is 0 Å². The first-order valence-corrected chi connectivity index (χ1v) is 3.71. The molecule has 0 spiro atoms. The summed E-state index contributed by atoms with van der Waals surface area (Å²) in [4.78, 5) is 0. The summed E-state index contributed by atoms with van der Waals surface area (Å²) in [6.45, 7) is 2.12. The molecule has 0 aliphatic heterocycles. The van der Waals surface area contributed by atoms with Crippen LogP contribution in [0, 0.1) is 11.8 Å². The molecule has 0 aromatic heterocycles. The Morgan fingerprint density at radius 3 is 2.70 bits per heavy atom. The Morgan fingerprint density at radius 1 is 1.50 bits per heavy atom. The smallest absolute Gasteiger partial charge is 0.0630 e. The van der Waals surface area contributed by atoms with E-state index >= 15 is 0 Å². The Morgan fingerprint density at radius 2 is 2.20 bits per heavy atom. The molecule has 3 atom stereocenters.